The van der Waals surface area contributed by atoms with Crippen LogP contribution in [0.2, 0.25) is 0 Å². The monoisotopic (exact) mass is 226 g/mol. The fourth-order valence-corrected chi connectivity index (χ4v) is 2.15. The van der Waals surface area contributed by atoms with E-state index in [0.29, 0.717) is 0 Å². The maximum Gasteiger partial charge on any atom is 0.415 e. The van der Waals surface area contributed by atoms with E-state index in [1.807, 2.05) is 0 Å². The van der Waals surface area contributed by atoms with Crippen LogP contribution in [0.25, 0.3) is 0 Å². The average molecular weight is 226 g/mol. The summed E-state index contributed by atoms with van der Waals surface area (Å²) in [5.74, 6) is 0. The van der Waals surface area contributed by atoms with Crippen molar-refractivity contribution in [3.63, 3.8) is 0 Å². The highest BCUT2D eigenvalue weighted by atomic mass is 31.2. The van der Waals surface area contributed by atoms with E-state index >= 15 is 0 Å². The molecule has 3 saturated heterocycles. The minimum absolute atomic E-state index is 0.209. The van der Waals surface area contributed by atoms with E-state index in [1.54, 1.807) is 0 Å². The summed E-state index contributed by atoms with van der Waals surface area (Å²) in [7, 11) is -4.68. The van der Waals surface area contributed by atoms with Gasteiger partial charge in [-0.05, 0) is 6.92 Å². The van der Waals surface area contributed by atoms with Crippen molar-refractivity contribution in [1.29, 1.82) is 0 Å². The molecule has 2 bridgehead atoms. The van der Waals surface area contributed by atoms with Gasteiger partial charge in [-0.2, -0.15) is 0 Å². The van der Waals surface area contributed by atoms with Crippen LogP contribution in [0.15, 0.2) is 0 Å². The first-order valence-corrected chi connectivity index (χ1v) is 5.64. The van der Waals surface area contributed by atoms with Gasteiger partial charge in [-0.3, -0.25) is 4.57 Å². The van der Waals surface area contributed by atoms with Crippen LogP contribution >= 0.6 is 7.60 Å². The molecule has 0 saturated carbocycles. The molecule has 0 spiro atoms. The second kappa shape index (κ2) is 2.76. The van der Waals surface area contributed by atoms with Gasteiger partial charge in [0.1, 0.15) is 5.60 Å². The van der Waals surface area contributed by atoms with E-state index in [0.717, 1.165) is 0 Å². The summed E-state index contributed by atoms with van der Waals surface area (Å²) < 4.78 is 25.4. The van der Waals surface area contributed by atoms with Crippen LogP contribution < -0.4 is 0 Å². The lowest BCUT2D eigenvalue weighted by molar-refractivity contribution is -0.457. The molecule has 3 aliphatic rings. The summed E-state index contributed by atoms with van der Waals surface area (Å²) in [6.45, 7) is 1.09. The van der Waals surface area contributed by atoms with Gasteiger partial charge >= 0.3 is 13.3 Å². The lowest BCUT2D eigenvalue weighted by Gasteiger charge is -2.51. The molecule has 0 aliphatic carbocycles. The van der Waals surface area contributed by atoms with Crippen LogP contribution in [0.3, 0.4) is 0 Å². The van der Waals surface area contributed by atoms with Crippen molar-refractivity contribution >= 4 is 7.60 Å². The van der Waals surface area contributed by atoms with Crippen LogP contribution in [0, 0.1) is 0 Å². The molecule has 3 rings (SSSR count). The molecule has 3 aliphatic heterocycles. The van der Waals surface area contributed by atoms with E-state index in [2.05, 4.69) is 0 Å². The largest absolute Gasteiger partial charge is 0.415 e. The predicted molar refractivity (Wildman–Crippen MR) is 42.2 cm³/mol. The van der Waals surface area contributed by atoms with Crippen molar-refractivity contribution in [1.82, 2.24) is 0 Å². The third-order valence-electron chi connectivity index (χ3n) is 2.45. The highest BCUT2D eigenvalue weighted by Crippen LogP contribution is 2.58. The number of ether oxygens (including phenoxy) is 3. The Labute approximate surface area is 79.7 Å². The van der Waals surface area contributed by atoms with Gasteiger partial charge < -0.3 is 29.1 Å². The first-order valence-electron chi connectivity index (χ1n) is 4.03. The number of fused-ring (bicyclic) bond motifs is 3. The van der Waals surface area contributed by atoms with Crippen molar-refractivity contribution < 1.29 is 33.7 Å². The Hall–Kier alpha value is -0.0100. The third kappa shape index (κ3) is 1.25. The van der Waals surface area contributed by atoms with Crippen LogP contribution in [0.1, 0.15) is 6.92 Å². The fourth-order valence-electron chi connectivity index (χ4n) is 1.39. The molecule has 1 atom stereocenters. The van der Waals surface area contributed by atoms with Crippen LogP contribution in [-0.2, 0) is 18.8 Å². The minimum atomic E-state index is -4.68. The van der Waals surface area contributed by atoms with E-state index in [1.165, 1.54) is 6.92 Å². The van der Waals surface area contributed by atoms with Gasteiger partial charge in [0.15, 0.2) is 0 Å². The van der Waals surface area contributed by atoms with E-state index in [-0.39, 0.29) is 13.2 Å². The first-order chi connectivity index (χ1) is 6.29. The molecule has 0 aromatic heterocycles. The first kappa shape index (κ1) is 10.5. The molecule has 0 aromatic rings. The van der Waals surface area contributed by atoms with Gasteiger partial charge in [0.25, 0.3) is 0 Å². The Morgan fingerprint density at radius 1 is 1.36 bits per heavy atom. The lowest BCUT2D eigenvalue weighted by atomic mass is 9.98. The molecule has 0 amide bonds. The molecule has 14 heavy (non-hydrogen) atoms. The second-order valence-electron chi connectivity index (χ2n) is 3.51. The quantitative estimate of drug-likeness (QED) is 0.491. The maximum atomic E-state index is 11.1. The van der Waals surface area contributed by atoms with E-state index in [4.69, 9.17) is 24.0 Å². The Bertz CT molecular complexity index is 289. The topological polar surface area (TPSA) is 105 Å². The Morgan fingerprint density at radius 2 is 1.86 bits per heavy atom. The number of hydrogen-bond acceptors (Lipinski definition) is 5. The SMILES string of the molecule is CC1OC2(P(=O)(O)O)OCC1(O)CO2. The molecule has 7 nitrogen and oxygen atoms in total. The molecular formula is C6H11O7P. The molecular weight excluding hydrogens is 215 g/mol. The minimum Gasteiger partial charge on any atom is -0.382 e. The smallest absolute Gasteiger partial charge is 0.382 e. The third-order valence-corrected chi connectivity index (χ3v) is 3.53. The van der Waals surface area contributed by atoms with Gasteiger partial charge in [0.2, 0.25) is 0 Å². The van der Waals surface area contributed by atoms with Gasteiger partial charge in [-0.15, -0.1) is 0 Å². The molecule has 8 heteroatoms. The molecule has 0 radical (unpaired) electrons. The summed E-state index contributed by atoms with van der Waals surface area (Å²) in [4.78, 5) is 17.9. The molecule has 1 unspecified atom stereocenters. The fraction of sp³-hybridized carbons (Fsp3) is 1.00. The molecule has 82 valence electrons. The highest BCUT2D eigenvalue weighted by Gasteiger charge is 2.65. The standard InChI is InChI=1S/C6H11O7P/c1-4-5(7)2-11-6(13-4,12-3-5)14(8,9)10/h4,7H,2-3H2,1H3,(H2,8,9,10). The zero-order valence-corrected chi connectivity index (χ0v) is 8.31. The maximum absolute atomic E-state index is 11.1. The summed E-state index contributed by atoms with van der Waals surface area (Å²) >= 11 is 0. The van der Waals surface area contributed by atoms with Crippen molar-refractivity contribution in [2.45, 2.75) is 24.3 Å². The summed E-state index contributed by atoms with van der Waals surface area (Å²) in [5.41, 5.74) is -3.65. The number of rotatable bonds is 1. The molecule has 0 aromatic carbocycles. The van der Waals surface area contributed by atoms with Crippen molar-refractivity contribution in [3.8, 4) is 0 Å². The van der Waals surface area contributed by atoms with Gasteiger partial charge in [-0.1, -0.05) is 0 Å². The van der Waals surface area contributed by atoms with Gasteiger partial charge in [-0.25, -0.2) is 0 Å². The zero-order valence-electron chi connectivity index (χ0n) is 7.41. The Morgan fingerprint density at radius 3 is 2.21 bits per heavy atom. The molecule has 3 heterocycles. The van der Waals surface area contributed by atoms with Crippen molar-refractivity contribution in [2.75, 3.05) is 13.2 Å². The van der Waals surface area contributed by atoms with Crippen LogP contribution in [-0.4, -0.2) is 45.5 Å². The molecule has 3 fully saturated rings. The van der Waals surface area contributed by atoms with Crippen LogP contribution in [0.5, 0.6) is 0 Å². The highest BCUT2D eigenvalue weighted by molar-refractivity contribution is 7.52. The molecule has 3 N–H and O–H groups in total. The van der Waals surface area contributed by atoms with Gasteiger partial charge in [0, 0.05) is 0 Å². The normalized spacial score (nSPS) is 48.1. The van der Waals surface area contributed by atoms with E-state index in [9.17, 15) is 9.67 Å². The summed E-state index contributed by atoms with van der Waals surface area (Å²) in [6, 6.07) is 0. The second-order valence-corrected chi connectivity index (χ2v) is 5.14. The zero-order chi connectivity index (χ0) is 10.6. The van der Waals surface area contributed by atoms with Crippen LogP contribution in [0.4, 0.5) is 0 Å². The Balaban J connectivity index is 2.31. The van der Waals surface area contributed by atoms with Crippen molar-refractivity contribution in [2.24, 2.45) is 0 Å². The predicted octanol–water partition coefficient (Wildman–Crippen LogP) is -1.03. The van der Waals surface area contributed by atoms with Gasteiger partial charge in [0.05, 0.1) is 19.3 Å². The number of aliphatic hydroxyl groups is 1. The summed E-state index contributed by atoms with van der Waals surface area (Å²) in [5, 5.41) is 9.74. The average Bonchev–Trinajstić information content (AvgIpc) is 2.06. The number of hydrogen-bond donors (Lipinski definition) is 3. The lowest BCUT2D eigenvalue weighted by Crippen LogP contribution is -2.67. The Kier molecular flexibility index (Phi) is 2.07. The summed E-state index contributed by atoms with van der Waals surface area (Å²) in [6.07, 6.45) is -0.738. The van der Waals surface area contributed by atoms with E-state index < -0.39 is 25.0 Å². The van der Waals surface area contributed by atoms with Crippen molar-refractivity contribution in [3.05, 3.63) is 0 Å².